The van der Waals surface area contributed by atoms with Crippen LogP contribution in [0.1, 0.15) is 27.9 Å². The Labute approximate surface area is 139 Å². The Balaban J connectivity index is 1.56. The number of H-pyrrole nitrogens is 1. The van der Waals surface area contributed by atoms with Crippen molar-refractivity contribution in [1.29, 1.82) is 0 Å². The molecule has 0 aliphatic heterocycles. The SMILES string of the molecule is O=C(Nc1ccc(-n2cc[nH]c2=O)cc1)c1cccc2c1CCC2. The molecule has 5 heteroatoms. The third kappa shape index (κ3) is 2.54. The maximum atomic E-state index is 12.6. The van der Waals surface area contributed by atoms with Gasteiger partial charge in [-0.3, -0.25) is 9.36 Å². The van der Waals surface area contributed by atoms with Crippen LogP contribution in [0.2, 0.25) is 0 Å². The van der Waals surface area contributed by atoms with Crippen LogP contribution in [-0.4, -0.2) is 15.5 Å². The first-order chi connectivity index (χ1) is 11.7. The second kappa shape index (κ2) is 5.85. The molecule has 120 valence electrons. The Hall–Kier alpha value is -3.08. The third-order valence-electron chi connectivity index (χ3n) is 4.44. The van der Waals surface area contributed by atoms with Crippen LogP contribution in [0.25, 0.3) is 5.69 Å². The van der Waals surface area contributed by atoms with Gasteiger partial charge < -0.3 is 10.3 Å². The summed E-state index contributed by atoms with van der Waals surface area (Å²) in [6.07, 6.45) is 6.39. The molecule has 0 bridgehead atoms. The Morgan fingerprint density at radius 3 is 2.67 bits per heavy atom. The fourth-order valence-electron chi connectivity index (χ4n) is 3.26. The molecule has 3 aromatic rings. The second-order valence-electron chi connectivity index (χ2n) is 5.93. The molecule has 2 N–H and O–H groups in total. The highest BCUT2D eigenvalue weighted by Gasteiger charge is 2.18. The summed E-state index contributed by atoms with van der Waals surface area (Å²) < 4.78 is 1.51. The average molecular weight is 319 g/mol. The zero-order valence-corrected chi connectivity index (χ0v) is 13.1. The van der Waals surface area contributed by atoms with Gasteiger partial charge in [-0.1, -0.05) is 12.1 Å². The summed E-state index contributed by atoms with van der Waals surface area (Å²) in [6, 6.07) is 13.1. The van der Waals surface area contributed by atoms with Gasteiger partial charge in [0.1, 0.15) is 0 Å². The van der Waals surface area contributed by atoms with Crippen LogP contribution < -0.4 is 11.0 Å². The summed E-state index contributed by atoms with van der Waals surface area (Å²) in [5, 5.41) is 2.94. The Kier molecular flexibility index (Phi) is 3.54. The van der Waals surface area contributed by atoms with E-state index in [1.54, 1.807) is 36.7 Å². The van der Waals surface area contributed by atoms with Gasteiger partial charge >= 0.3 is 5.69 Å². The Bertz CT molecular complexity index is 951. The molecule has 0 atom stereocenters. The molecule has 1 aromatic heterocycles. The van der Waals surface area contributed by atoms with E-state index >= 15 is 0 Å². The van der Waals surface area contributed by atoms with Gasteiger partial charge in [0.05, 0.1) is 5.69 Å². The first-order valence-electron chi connectivity index (χ1n) is 8.01. The van der Waals surface area contributed by atoms with Crippen LogP contribution in [0.3, 0.4) is 0 Å². The normalized spacial score (nSPS) is 12.8. The summed E-state index contributed by atoms with van der Waals surface area (Å²) in [4.78, 5) is 26.8. The van der Waals surface area contributed by atoms with E-state index in [9.17, 15) is 9.59 Å². The molecular weight excluding hydrogens is 302 g/mol. The summed E-state index contributed by atoms with van der Waals surface area (Å²) in [5.74, 6) is -0.0830. The quantitative estimate of drug-likeness (QED) is 0.779. The molecule has 0 radical (unpaired) electrons. The first kappa shape index (κ1) is 14.5. The number of rotatable bonds is 3. The highest BCUT2D eigenvalue weighted by molar-refractivity contribution is 6.05. The first-order valence-corrected chi connectivity index (χ1v) is 8.01. The van der Waals surface area contributed by atoms with E-state index in [1.807, 2.05) is 12.1 Å². The zero-order valence-electron chi connectivity index (χ0n) is 13.1. The molecule has 24 heavy (non-hydrogen) atoms. The maximum Gasteiger partial charge on any atom is 0.330 e. The fraction of sp³-hybridized carbons (Fsp3) is 0.158. The molecule has 0 saturated carbocycles. The number of carbonyl (C=O) groups excluding carboxylic acids is 1. The predicted octanol–water partition coefficient (Wildman–Crippen LogP) is 2.91. The van der Waals surface area contributed by atoms with Crippen molar-refractivity contribution in [3.05, 3.63) is 82.0 Å². The molecular formula is C19H17N3O2. The second-order valence-corrected chi connectivity index (χ2v) is 5.93. The molecule has 1 aliphatic rings. The predicted molar refractivity (Wildman–Crippen MR) is 92.8 cm³/mol. The molecule has 0 fully saturated rings. The van der Waals surface area contributed by atoms with Crippen molar-refractivity contribution in [1.82, 2.24) is 9.55 Å². The molecule has 0 saturated heterocycles. The minimum absolute atomic E-state index is 0.0830. The lowest BCUT2D eigenvalue weighted by Gasteiger charge is -2.10. The van der Waals surface area contributed by atoms with Crippen molar-refractivity contribution in [3.63, 3.8) is 0 Å². The number of nitrogens with one attached hydrogen (secondary N) is 2. The summed E-state index contributed by atoms with van der Waals surface area (Å²) in [5.41, 5.74) is 4.49. The molecule has 1 heterocycles. The van der Waals surface area contributed by atoms with Crippen molar-refractivity contribution >= 4 is 11.6 Å². The highest BCUT2D eigenvalue weighted by Crippen LogP contribution is 2.26. The van der Waals surface area contributed by atoms with E-state index in [0.717, 1.165) is 30.5 Å². The van der Waals surface area contributed by atoms with Crippen LogP contribution in [0.15, 0.2) is 59.7 Å². The van der Waals surface area contributed by atoms with Gasteiger partial charge in [0.2, 0.25) is 0 Å². The molecule has 0 unspecified atom stereocenters. The monoisotopic (exact) mass is 319 g/mol. The molecule has 0 spiro atoms. The number of fused-ring (bicyclic) bond motifs is 1. The van der Waals surface area contributed by atoms with E-state index in [0.29, 0.717) is 5.69 Å². The minimum atomic E-state index is -0.188. The van der Waals surface area contributed by atoms with E-state index in [1.165, 1.54) is 15.7 Å². The Morgan fingerprint density at radius 2 is 1.92 bits per heavy atom. The minimum Gasteiger partial charge on any atom is -0.322 e. The smallest absolute Gasteiger partial charge is 0.322 e. The number of imidazole rings is 1. The van der Waals surface area contributed by atoms with Crippen LogP contribution in [-0.2, 0) is 12.8 Å². The van der Waals surface area contributed by atoms with Gasteiger partial charge in [-0.05, 0) is 60.7 Å². The molecule has 2 aromatic carbocycles. The summed E-state index contributed by atoms with van der Waals surface area (Å²) >= 11 is 0. The Morgan fingerprint density at radius 1 is 1.08 bits per heavy atom. The number of aryl methyl sites for hydroxylation is 1. The number of hydrogen-bond acceptors (Lipinski definition) is 2. The van der Waals surface area contributed by atoms with Crippen molar-refractivity contribution in [2.75, 3.05) is 5.32 Å². The number of nitrogens with zero attached hydrogens (tertiary/aromatic N) is 1. The van der Waals surface area contributed by atoms with Gasteiger partial charge in [0.15, 0.2) is 0 Å². The lowest BCUT2D eigenvalue weighted by atomic mass is 10.0. The van der Waals surface area contributed by atoms with Gasteiger partial charge in [-0.15, -0.1) is 0 Å². The number of hydrogen-bond donors (Lipinski definition) is 2. The van der Waals surface area contributed by atoms with Crippen molar-refractivity contribution in [2.45, 2.75) is 19.3 Å². The molecule has 4 rings (SSSR count). The highest BCUT2D eigenvalue weighted by atomic mass is 16.2. The van der Waals surface area contributed by atoms with Gasteiger partial charge in [0.25, 0.3) is 5.91 Å². The number of carbonyl (C=O) groups is 1. The number of aromatic amines is 1. The number of aromatic nitrogens is 2. The van der Waals surface area contributed by atoms with Crippen molar-refractivity contribution in [3.8, 4) is 5.69 Å². The van der Waals surface area contributed by atoms with Gasteiger partial charge in [-0.2, -0.15) is 0 Å². The van der Waals surface area contributed by atoms with E-state index < -0.39 is 0 Å². The van der Waals surface area contributed by atoms with E-state index in [2.05, 4.69) is 16.4 Å². The van der Waals surface area contributed by atoms with Crippen LogP contribution in [0.4, 0.5) is 5.69 Å². The number of benzene rings is 2. The third-order valence-corrected chi connectivity index (χ3v) is 4.44. The summed E-state index contributed by atoms with van der Waals surface area (Å²) in [6.45, 7) is 0. The average Bonchev–Trinajstić information content (AvgIpc) is 3.24. The largest absolute Gasteiger partial charge is 0.330 e. The lowest BCUT2D eigenvalue weighted by Crippen LogP contribution is -2.15. The van der Waals surface area contributed by atoms with Crippen molar-refractivity contribution < 1.29 is 4.79 Å². The fourth-order valence-corrected chi connectivity index (χ4v) is 3.26. The number of amides is 1. The zero-order chi connectivity index (χ0) is 16.5. The standard InChI is InChI=1S/C19H17N3O2/c23-18(17-6-2-4-13-3-1-5-16(13)17)21-14-7-9-15(10-8-14)22-12-11-20-19(22)24/h2,4,6-12H,1,3,5H2,(H,20,24)(H,21,23). The van der Waals surface area contributed by atoms with Crippen LogP contribution >= 0.6 is 0 Å². The van der Waals surface area contributed by atoms with Gasteiger partial charge in [-0.25, -0.2) is 4.79 Å². The number of anilines is 1. The maximum absolute atomic E-state index is 12.6. The van der Waals surface area contributed by atoms with E-state index in [-0.39, 0.29) is 11.6 Å². The van der Waals surface area contributed by atoms with Crippen LogP contribution in [0, 0.1) is 0 Å². The topological polar surface area (TPSA) is 66.9 Å². The summed E-state index contributed by atoms with van der Waals surface area (Å²) in [7, 11) is 0. The molecule has 5 nitrogen and oxygen atoms in total. The van der Waals surface area contributed by atoms with E-state index in [4.69, 9.17) is 0 Å². The van der Waals surface area contributed by atoms with Gasteiger partial charge in [0, 0.05) is 23.6 Å². The lowest BCUT2D eigenvalue weighted by molar-refractivity contribution is 0.102. The molecule has 1 aliphatic carbocycles. The van der Waals surface area contributed by atoms with Crippen LogP contribution in [0.5, 0.6) is 0 Å². The molecule has 1 amide bonds. The van der Waals surface area contributed by atoms with Crippen molar-refractivity contribution in [2.24, 2.45) is 0 Å².